The normalized spacial score (nSPS) is 12.8. The van der Waals surface area contributed by atoms with Crippen LogP contribution in [-0.4, -0.2) is 34.8 Å². The molecule has 0 saturated carbocycles. The zero-order valence-electron chi connectivity index (χ0n) is 17.8. The maximum Gasteiger partial charge on any atom is 0.246 e. The van der Waals surface area contributed by atoms with Gasteiger partial charge in [-0.2, -0.15) is 0 Å². The minimum atomic E-state index is -1.35. The molecule has 1 heterocycles. The molecule has 0 aromatic carbocycles. The zero-order valence-corrected chi connectivity index (χ0v) is 17.8. The van der Waals surface area contributed by atoms with E-state index in [-0.39, 0.29) is 12.3 Å². The molecular formula is C22H36N4O3. The van der Waals surface area contributed by atoms with Crippen LogP contribution in [-0.2, 0) is 20.8 Å². The Kier molecular flexibility index (Phi) is 11.6. The molecule has 7 nitrogen and oxygen atoms in total. The van der Waals surface area contributed by atoms with Crippen LogP contribution in [0.2, 0.25) is 0 Å². The fourth-order valence-electron chi connectivity index (χ4n) is 3.19. The number of nitrogens with two attached hydrogens (primary N) is 1. The summed E-state index contributed by atoms with van der Waals surface area (Å²) in [7, 11) is 0. The van der Waals surface area contributed by atoms with Gasteiger partial charge in [0.15, 0.2) is 0 Å². The van der Waals surface area contributed by atoms with Gasteiger partial charge in [0.2, 0.25) is 17.7 Å². The predicted octanol–water partition coefficient (Wildman–Crippen LogP) is 2.63. The Morgan fingerprint density at radius 2 is 1.76 bits per heavy atom. The van der Waals surface area contributed by atoms with Gasteiger partial charge in [0.25, 0.3) is 0 Å². The topological polar surface area (TPSA) is 114 Å². The molecule has 0 bridgehead atoms. The van der Waals surface area contributed by atoms with E-state index in [1.807, 2.05) is 18.2 Å². The highest BCUT2D eigenvalue weighted by Crippen LogP contribution is 2.13. The van der Waals surface area contributed by atoms with Crippen molar-refractivity contribution in [2.45, 2.75) is 83.6 Å². The van der Waals surface area contributed by atoms with Crippen LogP contribution in [0.4, 0.5) is 0 Å². The summed E-state index contributed by atoms with van der Waals surface area (Å²) in [6.45, 7) is 4.08. The average molecular weight is 405 g/mol. The molecule has 1 aromatic rings. The monoisotopic (exact) mass is 404 g/mol. The molecule has 1 rings (SSSR count). The maximum absolute atomic E-state index is 12.6. The Morgan fingerprint density at radius 3 is 2.38 bits per heavy atom. The van der Waals surface area contributed by atoms with Crippen LogP contribution in [0.5, 0.6) is 0 Å². The van der Waals surface area contributed by atoms with Crippen molar-refractivity contribution < 1.29 is 14.4 Å². The van der Waals surface area contributed by atoms with Gasteiger partial charge in [-0.15, -0.1) is 0 Å². The molecule has 3 amide bonds. The quantitative estimate of drug-likeness (QED) is 0.390. The molecule has 0 spiro atoms. The lowest BCUT2D eigenvalue weighted by Crippen LogP contribution is -2.58. The van der Waals surface area contributed by atoms with Crippen molar-refractivity contribution in [3.8, 4) is 0 Å². The van der Waals surface area contributed by atoms with Crippen LogP contribution in [0.3, 0.4) is 0 Å². The van der Waals surface area contributed by atoms with E-state index in [4.69, 9.17) is 5.73 Å². The first kappa shape index (κ1) is 24.6. The van der Waals surface area contributed by atoms with Gasteiger partial charge in [-0.1, -0.05) is 51.5 Å². The lowest BCUT2D eigenvalue weighted by Gasteiger charge is -2.28. The Hall–Kier alpha value is -2.44. The van der Waals surface area contributed by atoms with Crippen molar-refractivity contribution >= 4 is 17.7 Å². The summed E-state index contributed by atoms with van der Waals surface area (Å²) in [5, 5.41) is 5.49. The highest BCUT2D eigenvalue weighted by Gasteiger charge is 2.36. The van der Waals surface area contributed by atoms with Crippen molar-refractivity contribution in [3.05, 3.63) is 30.1 Å². The van der Waals surface area contributed by atoms with Crippen LogP contribution in [0.1, 0.15) is 77.3 Å². The summed E-state index contributed by atoms with van der Waals surface area (Å²) >= 11 is 0. The summed E-state index contributed by atoms with van der Waals surface area (Å²) in [4.78, 5) is 40.6. The number of hydrogen-bond acceptors (Lipinski definition) is 4. The molecular weight excluding hydrogens is 368 g/mol. The largest absolute Gasteiger partial charge is 0.370 e. The van der Waals surface area contributed by atoms with Crippen molar-refractivity contribution in [3.63, 3.8) is 0 Å². The Morgan fingerprint density at radius 1 is 1.07 bits per heavy atom. The van der Waals surface area contributed by atoms with Crippen LogP contribution in [0.25, 0.3) is 0 Å². The summed E-state index contributed by atoms with van der Waals surface area (Å²) in [6.07, 6.45) is 10.1. The molecule has 162 valence electrons. The van der Waals surface area contributed by atoms with Gasteiger partial charge in [-0.3, -0.25) is 19.4 Å². The van der Waals surface area contributed by atoms with E-state index in [0.717, 1.165) is 25.0 Å². The highest BCUT2D eigenvalue weighted by atomic mass is 16.2. The van der Waals surface area contributed by atoms with Crippen LogP contribution >= 0.6 is 0 Å². The fraction of sp³-hybridized carbons (Fsp3) is 0.636. The van der Waals surface area contributed by atoms with Gasteiger partial charge in [-0.05, 0) is 25.5 Å². The van der Waals surface area contributed by atoms with Gasteiger partial charge in [0, 0.05) is 31.3 Å². The Labute approximate surface area is 174 Å². The van der Waals surface area contributed by atoms with E-state index in [9.17, 15) is 14.4 Å². The second-order valence-corrected chi connectivity index (χ2v) is 7.72. The highest BCUT2D eigenvalue weighted by molar-refractivity contribution is 5.95. The molecule has 1 aromatic heterocycles. The Balaban J connectivity index is 2.45. The predicted molar refractivity (Wildman–Crippen MR) is 114 cm³/mol. The molecule has 1 atom stereocenters. The van der Waals surface area contributed by atoms with E-state index in [2.05, 4.69) is 22.5 Å². The molecule has 0 radical (unpaired) electrons. The minimum Gasteiger partial charge on any atom is -0.370 e. The number of nitrogens with zero attached hydrogens (tertiary/aromatic N) is 1. The Bertz CT molecular complexity index is 636. The summed E-state index contributed by atoms with van der Waals surface area (Å²) < 4.78 is 0. The number of hydrogen-bond donors (Lipinski definition) is 3. The molecule has 29 heavy (non-hydrogen) atoms. The number of rotatable bonds is 15. The number of nitrogens with one attached hydrogen (secondary N) is 2. The van der Waals surface area contributed by atoms with Crippen LogP contribution in [0, 0.1) is 0 Å². The second kappa shape index (κ2) is 13.7. The third kappa shape index (κ3) is 10.6. The van der Waals surface area contributed by atoms with Crippen molar-refractivity contribution in [1.29, 1.82) is 0 Å². The molecule has 7 heteroatoms. The summed E-state index contributed by atoms with van der Waals surface area (Å²) in [6, 6.07) is 5.58. The van der Waals surface area contributed by atoms with E-state index < -0.39 is 17.4 Å². The number of pyridine rings is 1. The SMILES string of the molecule is CCCCCCCCCC(=O)NC(C)(CC(N)=O)C(=O)NCCc1ccccn1. The number of unbranched alkanes of at least 4 members (excludes halogenated alkanes) is 6. The van der Waals surface area contributed by atoms with Crippen LogP contribution < -0.4 is 16.4 Å². The molecule has 0 fully saturated rings. The van der Waals surface area contributed by atoms with E-state index in [1.165, 1.54) is 32.6 Å². The van der Waals surface area contributed by atoms with Gasteiger partial charge in [0.1, 0.15) is 5.54 Å². The maximum atomic E-state index is 12.6. The lowest BCUT2D eigenvalue weighted by molar-refractivity contribution is -0.135. The molecule has 0 aliphatic carbocycles. The van der Waals surface area contributed by atoms with Crippen molar-refractivity contribution in [1.82, 2.24) is 15.6 Å². The van der Waals surface area contributed by atoms with Gasteiger partial charge in [-0.25, -0.2) is 0 Å². The number of carbonyl (C=O) groups excluding carboxylic acids is 3. The first-order valence-corrected chi connectivity index (χ1v) is 10.6. The molecule has 1 unspecified atom stereocenters. The zero-order chi connectivity index (χ0) is 21.5. The molecule has 0 aliphatic rings. The third-order valence-corrected chi connectivity index (χ3v) is 4.84. The smallest absolute Gasteiger partial charge is 0.246 e. The van der Waals surface area contributed by atoms with Gasteiger partial charge >= 0.3 is 0 Å². The van der Waals surface area contributed by atoms with Gasteiger partial charge < -0.3 is 16.4 Å². The van der Waals surface area contributed by atoms with Crippen molar-refractivity contribution in [2.24, 2.45) is 5.73 Å². The number of carbonyl (C=O) groups is 3. The molecule has 0 saturated heterocycles. The second-order valence-electron chi connectivity index (χ2n) is 7.72. The van der Waals surface area contributed by atoms with E-state index in [1.54, 1.807) is 6.20 Å². The molecule has 4 N–H and O–H groups in total. The first-order valence-electron chi connectivity index (χ1n) is 10.6. The fourth-order valence-corrected chi connectivity index (χ4v) is 3.19. The van der Waals surface area contributed by atoms with Gasteiger partial charge in [0.05, 0.1) is 6.42 Å². The number of amides is 3. The standard InChI is InChI=1S/C22H36N4O3/c1-3-4-5-6-7-8-9-13-20(28)26-22(2,17-19(23)27)21(29)25-16-14-18-12-10-11-15-24-18/h10-12,15H,3-9,13-14,16-17H2,1-2H3,(H2,23,27)(H,25,29)(H,26,28). The minimum absolute atomic E-state index is 0.234. The first-order chi connectivity index (χ1) is 13.9. The average Bonchev–Trinajstić information content (AvgIpc) is 2.67. The van der Waals surface area contributed by atoms with Crippen LogP contribution in [0.15, 0.2) is 24.4 Å². The lowest BCUT2D eigenvalue weighted by atomic mass is 9.95. The van der Waals surface area contributed by atoms with Crippen molar-refractivity contribution in [2.75, 3.05) is 6.54 Å². The third-order valence-electron chi connectivity index (χ3n) is 4.84. The van der Waals surface area contributed by atoms with E-state index >= 15 is 0 Å². The summed E-state index contributed by atoms with van der Waals surface area (Å²) in [5.74, 6) is -1.29. The number of primary amides is 1. The number of aromatic nitrogens is 1. The van der Waals surface area contributed by atoms with E-state index in [0.29, 0.717) is 19.4 Å². The molecule has 0 aliphatic heterocycles. The summed E-state index contributed by atoms with van der Waals surface area (Å²) in [5.41, 5.74) is 4.81.